The van der Waals surface area contributed by atoms with Crippen LogP contribution in [-0.2, 0) is 11.3 Å². The number of ether oxygens (including phenoxy) is 1. The third-order valence-corrected chi connectivity index (χ3v) is 4.37. The highest BCUT2D eigenvalue weighted by atomic mass is 32.2. The minimum atomic E-state index is -4.34. The standard InChI is InChI=1S/C13H13F3N4OS/c14-13(15,16)8-20-11(9-1-4-17-5-2-9)18-19-12(20)22-10-3-6-21-7-10/h1-2,4-5,10H,3,6-8H2. The number of halogens is 3. The molecule has 2 aromatic rings. The fourth-order valence-electron chi connectivity index (χ4n) is 2.17. The third kappa shape index (κ3) is 3.58. The maximum absolute atomic E-state index is 12.9. The molecule has 1 saturated heterocycles. The number of rotatable bonds is 4. The molecule has 0 aliphatic carbocycles. The summed E-state index contributed by atoms with van der Waals surface area (Å²) in [4.78, 5) is 3.86. The molecule has 1 fully saturated rings. The molecule has 5 nitrogen and oxygen atoms in total. The number of hydrogen-bond acceptors (Lipinski definition) is 5. The summed E-state index contributed by atoms with van der Waals surface area (Å²) < 4.78 is 45.0. The smallest absolute Gasteiger partial charge is 0.380 e. The van der Waals surface area contributed by atoms with Gasteiger partial charge in [-0.3, -0.25) is 9.55 Å². The summed E-state index contributed by atoms with van der Waals surface area (Å²) in [5, 5.41) is 8.25. The molecule has 0 spiro atoms. The highest BCUT2D eigenvalue weighted by Crippen LogP contribution is 2.32. The van der Waals surface area contributed by atoms with Crippen molar-refractivity contribution in [1.82, 2.24) is 19.7 Å². The van der Waals surface area contributed by atoms with Crippen LogP contribution < -0.4 is 0 Å². The van der Waals surface area contributed by atoms with Crippen LogP contribution >= 0.6 is 11.8 Å². The molecule has 1 aliphatic heterocycles. The Morgan fingerprint density at radius 1 is 1.27 bits per heavy atom. The van der Waals surface area contributed by atoms with Crippen LogP contribution in [0.4, 0.5) is 13.2 Å². The highest BCUT2D eigenvalue weighted by Gasteiger charge is 2.32. The lowest BCUT2D eigenvalue weighted by Crippen LogP contribution is -2.19. The summed E-state index contributed by atoms with van der Waals surface area (Å²) in [6, 6.07) is 3.23. The molecular weight excluding hydrogens is 317 g/mol. The second-order valence-corrected chi connectivity index (χ2v) is 6.11. The van der Waals surface area contributed by atoms with Crippen LogP contribution in [0.25, 0.3) is 11.4 Å². The predicted molar refractivity (Wildman–Crippen MR) is 74.4 cm³/mol. The average molecular weight is 330 g/mol. The lowest BCUT2D eigenvalue weighted by atomic mass is 10.2. The first-order chi connectivity index (χ1) is 10.5. The van der Waals surface area contributed by atoms with E-state index < -0.39 is 12.7 Å². The van der Waals surface area contributed by atoms with Gasteiger partial charge < -0.3 is 4.74 Å². The lowest BCUT2D eigenvalue weighted by molar-refractivity contribution is -0.141. The summed E-state index contributed by atoms with van der Waals surface area (Å²) in [6.07, 6.45) is -0.515. The van der Waals surface area contributed by atoms with E-state index in [0.29, 0.717) is 18.8 Å². The fraction of sp³-hybridized carbons (Fsp3) is 0.462. The minimum Gasteiger partial charge on any atom is -0.380 e. The number of hydrogen-bond donors (Lipinski definition) is 0. The van der Waals surface area contributed by atoms with Crippen LogP contribution in [0.3, 0.4) is 0 Å². The van der Waals surface area contributed by atoms with Gasteiger partial charge in [-0.15, -0.1) is 10.2 Å². The normalized spacial score (nSPS) is 18.8. The van der Waals surface area contributed by atoms with Gasteiger partial charge in [-0.1, -0.05) is 11.8 Å². The Kier molecular flexibility index (Phi) is 4.34. The number of pyridine rings is 1. The second-order valence-electron chi connectivity index (χ2n) is 4.85. The van der Waals surface area contributed by atoms with Gasteiger partial charge in [0.2, 0.25) is 0 Å². The van der Waals surface area contributed by atoms with Gasteiger partial charge in [-0.2, -0.15) is 13.2 Å². The van der Waals surface area contributed by atoms with Crippen molar-refractivity contribution in [3.05, 3.63) is 24.5 Å². The molecule has 0 N–H and O–H groups in total. The predicted octanol–water partition coefficient (Wildman–Crippen LogP) is 2.78. The summed E-state index contributed by atoms with van der Waals surface area (Å²) in [5.74, 6) is 0.196. The Labute approximate surface area is 128 Å². The van der Waals surface area contributed by atoms with E-state index >= 15 is 0 Å². The Bertz CT molecular complexity index is 626. The van der Waals surface area contributed by atoms with Crippen molar-refractivity contribution in [2.75, 3.05) is 13.2 Å². The lowest BCUT2D eigenvalue weighted by Gasteiger charge is -2.13. The molecular formula is C13H13F3N4OS. The SMILES string of the molecule is FC(F)(F)Cn1c(SC2CCOC2)nnc1-c1ccncc1. The van der Waals surface area contributed by atoms with Crippen LogP contribution in [0.2, 0.25) is 0 Å². The first-order valence-electron chi connectivity index (χ1n) is 6.68. The minimum absolute atomic E-state index is 0.112. The van der Waals surface area contributed by atoms with Crippen molar-refractivity contribution < 1.29 is 17.9 Å². The number of alkyl halides is 3. The quantitative estimate of drug-likeness (QED) is 0.863. The molecule has 1 atom stereocenters. The Balaban J connectivity index is 1.93. The second kappa shape index (κ2) is 6.25. The molecule has 118 valence electrons. The zero-order valence-corrected chi connectivity index (χ0v) is 12.3. The maximum atomic E-state index is 12.9. The van der Waals surface area contributed by atoms with Gasteiger partial charge in [-0.25, -0.2) is 0 Å². The van der Waals surface area contributed by atoms with Gasteiger partial charge in [-0.05, 0) is 18.6 Å². The van der Waals surface area contributed by atoms with E-state index in [-0.39, 0.29) is 16.2 Å². The van der Waals surface area contributed by atoms with E-state index in [1.807, 2.05) is 0 Å². The molecule has 0 radical (unpaired) electrons. The number of aromatic nitrogens is 4. The largest absolute Gasteiger partial charge is 0.406 e. The van der Waals surface area contributed by atoms with E-state index in [1.165, 1.54) is 24.2 Å². The van der Waals surface area contributed by atoms with Crippen LogP contribution in [0.1, 0.15) is 6.42 Å². The molecule has 3 heterocycles. The average Bonchev–Trinajstić information content (AvgIpc) is 3.10. The van der Waals surface area contributed by atoms with Crippen LogP contribution in [0, 0.1) is 0 Å². The molecule has 22 heavy (non-hydrogen) atoms. The van der Waals surface area contributed by atoms with Gasteiger partial charge in [0.25, 0.3) is 0 Å². The van der Waals surface area contributed by atoms with Crippen molar-refractivity contribution in [3.63, 3.8) is 0 Å². The summed E-state index contributed by atoms with van der Waals surface area (Å²) in [5.41, 5.74) is 0.557. The van der Waals surface area contributed by atoms with Crippen molar-refractivity contribution in [2.45, 2.75) is 29.5 Å². The van der Waals surface area contributed by atoms with E-state index in [9.17, 15) is 13.2 Å². The molecule has 1 unspecified atom stereocenters. The Morgan fingerprint density at radius 3 is 2.68 bits per heavy atom. The van der Waals surface area contributed by atoms with E-state index in [1.54, 1.807) is 12.1 Å². The van der Waals surface area contributed by atoms with E-state index in [2.05, 4.69) is 15.2 Å². The number of thioether (sulfide) groups is 1. The topological polar surface area (TPSA) is 52.8 Å². The van der Waals surface area contributed by atoms with Crippen molar-refractivity contribution in [2.24, 2.45) is 0 Å². The Hall–Kier alpha value is -1.61. The molecule has 0 amide bonds. The van der Waals surface area contributed by atoms with Gasteiger partial charge in [0, 0.05) is 29.8 Å². The Morgan fingerprint density at radius 2 is 2.05 bits per heavy atom. The van der Waals surface area contributed by atoms with Crippen molar-refractivity contribution >= 4 is 11.8 Å². The molecule has 1 aliphatic rings. The van der Waals surface area contributed by atoms with Gasteiger partial charge >= 0.3 is 6.18 Å². The molecule has 0 saturated carbocycles. The molecule has 0 aromatic carbocycles. The summed E-state index contributed by atoms with van der Waals surface area (Å²) in [6.45, 7) is 0.0317. The van der Waals surface area contributed by atoms with Crippen molar-refractivity contribution in [3.8, 4) is 11.4 Å². The fourth-order valence-corrected chi connectivity index (χ4v) is 3.21. The highest BCUT2D eigenvalue weighted by molar-refractivity contribution is 7.99. The van der Waals surface area contributed by atoms with Crippen LogP contribution in [0.15, 0.2) is 29.7 Å². The molecule has 2 aromatic heterocycles. The zero-order valence-electron chi connectivity index (χ0n) is 11.5. The third-order valence-electron chi connectivity index (χ3n) is 3.15. The van der Waals surface area contributed by atoms with E-state index in [0.717, 1.165) is 11.0 Å². The first kappa shape index (κ1) is 15.3. The van der Waals surface area contributed by atoms with Crippen molar-refractivity contribution in [1.29, 1.82) is 0 Å². The zero-order chi connectivity index (χ0) is 15.6. The van der Waals surface area contributed by atoms with Gasteiger partial charge in [0.05, 0.1) is 6.61 Å². The van der Waals surface area contributed by atoms with Gasteiger partial charge in [0.15, 0.2) is 11.0 Å². The number of nitrogens with zero attached hydrogens (tertiary/aromatic N) is 4. The molecule has 0 bridgehead atoms. The first-order valence-corrected chi connectivity index (χ1v) is 7.55. The molecule has 9 heteroatoms. The van der Waals surface area contributed by atoms with E-state index in [4.69, 9.17) is 4.74 Å². The van der Waals surface area contributed by atoms with Crippen LogP contribution in [0.5, 0.6) is 0 Å². The van der Waals surface area contributed by atoms with Gasteiger partial charge in [0.1, 0.15) is 6.54 Å². The summed E-state index contributed by atoms with van der Waals surface area (Å²) >= 11 is 1.28. The van der Waals surface area contributed by atoms with Crippen LogP contribution in [-0.4, -0.2) is 44.4 Å². The maximum Gasteiger partial charge on any atom is 0.406 e. The summed E-state index contributed by atoms with van der Waals surface area (Å²) in [7, 11) is 0. The molecule has 3 rings (SSSR count). The monoisotopic (exact) mass is 330 g/mol.